The molecule has 0 aliphatic carbocycles. The number of H-pyrrole nitrogens is 2. The number of aromatic nitrogens is 4. The van der Waals surface area contributed by atoms with Gasteiger partial charge >= 0.3 is 5.97 Å². The Balaban J connectivity index is 0.00000241. The van der Waals surface area contributed by atoms with Crippen LogP contribution in [-0.2, 0) is 16.8 Å². The van der Waals surface area contributed by atoms with Crippen LogP contribution in [0.25, 0.3) is 57.5 Å². The Bertz CT molecular complexity index is 1650. The molecule has 0 saturated carbocycles. The van der Waals surface area contributed by atoms with Crippen molar-refractivity contribution >= 4 is 52.3 Å². The van der Waals surface area contributed by atoms with Gasteiger partial charge in [-0.1, -0.05) is 30.3 Å². The number of carboxylic acid groups (broad SMARTS) is 1. The van der Waals surface area contributed by atoms with Gasteiger partial charge in [0.25, 0.3) is 0 Å². The smallest absolute Gasteiger partial charge is 0.338 e. The quantitative estimate of drug-likeness (QED) is 0.277. The van der Waals surface area contributed by atoms with Gasteiger partial charge in [0.2, 0.25) is 0 Å². The molecule has 0 unspecified atom stereocenters. The maximum Gasteiger partial charge on any atom is 0.338 e. The van der Waals surface area contributed by atoms with Gasteiger partial charge in [0.05, 0.1) is 33.9 Å². The summed E-state index contributed by atoms with van der Waals surface area (Å²) in [5.41, 5.74) is 7.70. The summed E-state index contributed by atoms with van der Waals surface area (Å²) < 4.78 is 0. The van der Waals surface area contributed by atoms with Crippen LogP contribution in [0.4, 0.5) is 0 Å². The first kappa shape index (κ1) is 21.6. The number of hydrogen-bond acceptors (Lipinski definition) is 3. The van der Waals surface area contributed by atoms with Crippen molar-refractivity contribution in [3.05, 3.63) is 95.1 Å². The molecule has 2 aliphatic rings. The number of carbonyl (C=O) groups is 1. The number of aromatic carboxylic acids is 1. The van der Waals surface area contributed by atoms with Crippen LogP contribution in [0.15, 0.2) is 66.7 Å². The second-order valence-electron chi connectivity index (χ2n) is 7.91. The molecule has 0 saturated heterocycles. The first-order chi connectivity index (χ1) is 16.1. The number of hydrogen-bond donors (Lipinski definition) is 3. The van der Waals surface area contributed by atoms with Crippen molar-refractivity contribution in [1.82, 2.24) is 19.9 Å². The van der Waals surface area contributed by atoms with E-state index in [1.165, 1.54) is 0 Å². The molecule has 4 aromatic rings. The minimum Gasteiger partial charge on any atom is -0.478 e. The van der Waals surface area contributed by atoms with Gasteiger partial charge in [-0.25, -0.2) is 14.8 Å². The molecule has 6 nitrogen and oxygen atoms in total. The maximum absolute atomic E-state index is 12.4. The monoisotopic (exact) mass is 489 g/mol. The molecule has 0 fully saturated rings. The van der Waals surface area contributed by atoms with Crippen LogP contribution >= 0.6 is 0 Å². The third-order valence-electron chi connectivity index (χ3n) is 5.62. The topological polar surface area (TPSA) is 94.7 Å². The maximum atomic E-state index is 12.4. The Morgan fingerprint density at radius 1 is 0.676 bits per heavy atom. The number of nitrogens with one attached hydrogen (secondary N) is 2. The molecule has 5 heterocycles. The average Bonchev–Trinajstić information content (AvgIpc) is 3.58. The van der Waals surface area contributed by atoms with Gasteiger partial charge in [-0.05, 0) is 66.3 Å². The van der Waals surface area contributed by atoms with Crippen molar-refractivity contribution in [2.24, 2.45) is 0 Å². The van der Waals surface area contributed by atoms with Gasteiger partial charge in [0.1, 0.15) is 0 Å². The molecule has 0 amide bonds. The Morgan fingerprint density at radius 2 is 1.21 bits per heavy atom. The van der Waals surface area contributed by atoms with Crippen LogP contribution < -0.4 is 0 Å². The molecule has 7 heteroatoms. The number of fused-ring (bicyclic) bond motifs is 8. The van der Waals surface area contributed by atoms with E-state index in [1.807, 2.05) is 85.0 Å². The first-order valence-electron chi connectivity index (χ1n) is 10.5. The largest absolute Gasteiger partial charge is 0.478 e. The molecule has 0 atom stereocenters. The molecular formula is C27H18CoN4O2. The van der Waals surface area contributed by atoms with Gasteiger partial charge in [-0.15, -0.1) is 0 Å². The van der Waals surface area contributed by atoms with Crippen LogP contribution in [0, 0.1) is 0 Å². The van der Waals surface area contributed by atoms with Crippen molar-refractivity contribution in [2.45, 2.75) is 0 Å². The van der Waals surface area contributed by atoms with Crippen molar-refractivity contribution in [3.63, 3.8) is 0 Å². The van der Waals surface area contributed by atoms with E-state index in [4.69, 9.17) is 4.98 Å². The predicted molar refractivity (Wildman–Crippen MR) is 131 cm³/mol. The van der Waals surface area contributed by atoms with E-state index >= 15 is 0 Å². The molecule has 2 aliphatic heterocycles. The second kappa shape index (κ2) is 8.62. The summed E-state index contributed by atoms with van der Waals surface area (Å²) in [6, 6.07) is 21.1. The van der Waals surface area contributed by atoms with Crippen LogP contribution in [0.1, 0.15) is 33.1 Å². The van der Waals surface area contributed by atoms with E-state index < -0.39 is 5.97 Å². The summed E-state index contributed by atoms with van der Waals surface area (Å²) in [6.45, 7) is 0. The minimum atomic E-state index is -1.00. The van der Waals surface area contributed by atoms with Crippen molar-refractivity contribution in [1.29, 1.82) is 0 Å². The van der Waals surface area contributed by atoms with Gasteiger partial charge in [-0.2, -0.15) is 0 Å². The molecule has 1 radical (unpaired) electrons. The van der Waals surface area contributed by atoms with Crippen molar-refractivity contribution < 1.29 is 26.7 Å². The van der Waals surface area contributed by atoms with E-state index in [0.717, 1.165) is 33.7 Å². The van der Waals surface area contributed by atoms with Gasteiger partial charge in [-0.3, -0.25) is 0 Å². The van der Waals surface area contributed by atoms with Crippen LogP contribution in [0.2, 0.25) is 0 Å². The first-order valence-corrected chi connectivity index (χ1v) is 10.5. The van der Waals surface area contributed by atoms with Gasteiger partial charge in [0.15, 0.2) is 0 Å². The fraction of sp³-hybridized carbons (Fsp3) is 0. The summed E-state index contributed by atoms with van der Waals surface area (Å²) in [4.78, 5) is 28.4. The van der Waals surface area contributed by atoms with Crippen molar-refractivity contribution in [3.8, 4) is 11.1 Å². The fourth-order valence-corrected chi connectivity index (χ4v) is 4.21. The summed E-state index contributed by atoms with van der Waals surface area (Å²) in [7, 11) is 0. The molecule has 3 aromatic heterocycles. The predicted octanol–water partition coefficient (Wildman–Crippen LogP) is 6.02. The Hall–Kier alpha value is -4.20. The molecule has 6 rings (SSSR count). The summed E-state index contributed by atoms with van der Waals surface area (Å²) >= 11 is 0. The summed E-state index contributed by atoms with van der Waals surface area (Å²) in [5, 5.41) is 10.2. The van der Waals surface area contributed by atoms with Crippen molar-refractivity contribution in [2.75, 3.05) is 0 Å². The van der Waals surface area contributed by atoms with E-state index in [2.05, 4.69) is 15.0 Å². The number of rotatable bonds is 2. The summed E-state index contributed by atoms with van der Waals surface area (Å²) in [5.74, 6) is -1.00. The fourth-order valence-electron chi connectivity index (χ4n) is 4.21. The van der Waals surface area contributed by atoms with E-state index in [9.17, 15) is 9.90 Å². The Labute approximate surface area is 205 Å². The Kier molecular flexibility index (Phi) is 5.49. The number of nitrogens with zero attached hydrogens (tertiary/aromatic N) is 2. The zero-order valence-corrected chi connectivity index (χ0v) is 18.8. The van der Waals surface area contributed by atoms with Gasteiger partial charge < -0.3 is 15.1 Å². The minimum absolute atomic E-state index is 0. The molecular weight excluding hydrogens is 471 g/mol. The molecule has 1 aromatic carbocycles. The molecule has 3 N–H and O–H groups in total. The molecule has 34 heavy (non-hydrogen) atoms. The van der Waals surface area contributed by atoms with E-state index in [1.54, 1.807) is 6.07 Å². The molecule has 0 spiro atoms. The number of benzene rings is 1. The standard InChI is InChI=1S/C27H18N4O2.Co/c32-27(33)26-24-15-22-11-9-20(30-22)13-18-7-6-17(28-18)12-19-8-10-21(29-19)14-23(31-24)25(26)16-4-2-1-3-5-16;/h1-15,28,31H,(H,32,33);. The molecule has 167 valence electrons. The number of aromatic amines is 2. The normalized spacial score (nSPS) is 11.9. The SMILES string of the molecule is O=C(O)c1c(-c2ccccc2)c2cc3nc(cc4ccc(cc5nc(cc1[nH]2)C=C5)[nH]4)C=C3.[Co]. The zero-order valence-electron chi connectivity index (χ0n) is 17.7. The van der Waals surface area contributed by atoms with E-state index in [-0.39, 0.29) is 22.3 Å². The summed E-state index contributed by atoms with van der Waals surface area (Å²) in [6.07, 6.45) is 7.65. The van der Waals surface area contributed by atoms with Crippen LogP contribution in [0.5, 0.6) is 0 Å². The molecule has 8 bridgehead atoms. The third-order valence-corrected chi connectivity index (χ3v) is 5.62. The van der Waals surface area contributed by atoms with E-state index in [0.29, 0.717) is 22.3 Å². The number of carboxylic acids is 1. The van der Waals surface area contributed by atoms with Gasteiger partial charge in [0, 0.05) is 38.9 Å². The van der Waals surface area contributed by atoms with Crippen LogP contribution in [-0.4, -0.2) is 31.0 Å². The average molecular weight is 489 g/mol. The Morgan fingerprint density at radius 3 is 1.76 bits per heavy atom. The second-order valence-corrected chi connectivity index (χ2v) is 7.91. The zero-order chi connectivity index (χ0) is 22.4. The van der Waals surface area contributed by atoms with Crippen LogP contribution in [0.3, 0.4) is 0 Å². The third kappa shape index (κ3) is 3.98.